The van der Waals surface area contributed by atoms with E-state index in [0.29, 0.717) is 13.0 Å². The fourth-order valence-corrected chi connectivity index (χ4v) is 2.54. The maximum Gasteiger partial charge on any atom is 0.246 e. The highest BCUT2D eigenvalue weighted by atomic mass is 16.7. The summed E-state index contributed by atoms with van der Waals surface area (Å²) in [6.45, 7) is 1.42. The van der Waals surface area contributed by atoms with E-state index >= 15 is 0 Å². The van der Waals surface area contributed by atoms with Crippen molar-refractivity contribution in [3.63, 3.8) is 0 Å². The van der Waals surface area contributed by atoms with E-state index in [1.165, 1.54) is 16.0 Å². The lowest BCUT2D eigenvalue weighted by Crippen LogP contribution is -2.26. The van der Waals surface area contributed by atoms with Crippen LogP contribution in [-0.4, -0.2) is 29.1 Å². The number of carbonyl (C=O) groups is 1. The van der Waals surface area contributed by atoms with Gasteiger partial charge in [-0.2, -0.15) is 0 Å². The summed E-state index contributed by atoms with van der Waals surface area (Å²) >= 11 is 0. The molecule has 1 saturated heterocycles. The first kappa shape index (κ1) is 12.2. The number of benzene rings is 1. The van der Waals surface area contributed by atoms with Crippen molar-refractivity contribution < 1.29 is 9.63 Å². The predicted octanol–water partition coefficient (Wildman–Crippen LogP) is 2.65. The molecule has 1 aliphatic rings. The van der Waals surface area contributed by atoms with Crippen LogP contribution in [0.25, 0.3) is 10.9 Å². The summed E-state index contributed by atoms with van der Waals surface area (Å²) in [4.78, 5) is 20.3. The number of hydrogen-bond donors (Lipinski definition) is 1. The maximum atomic E-state index is 11.8. The normalized spacial score (nSPS) is 15.3. The topological polar surface area (TPSA) is 45.3 Å². The highest BCUT2D eigenvalue weighted by Crippen LogP contribution is 2.19. The Morgan fingerprint density at radius 2 is 2.26 bits per heavy atom. The zero-order chi connectivity index (χ0) is 13.1. The van der Waals surface area contributed by atoms with Crippen molar-refractivity contribution in [2.75, 3.05) is 13.2 Å². The van der Waals surface area contributed by atoms with E-state index in [2.05, 4.69) is 17.1 Å². The van der Waals surface area contributed by atoms with Crippen LogP contribution < -0.4 is 0 Å². The minimum atomic E-state index is 0.109. The molecule has 1 aromatic heterocycles. The summed E-state index contributed by atoms with van der Waals surface area (Å²) in [7, 11) is 0. The van der Waals surface area contributed by atoms with Gasteiger partial charge in [0.1, 0.15) is 0 Å². The number of carbonyl (C=O) groups excluding carboxylic acids is 1. The Morgan fingerprint density at radius 3 is 3.11 bits per heavy atom. The number of nitrogens with one attached hydrogen (secondary N) is 1. The molecule has 1 aromatic carbocycles. The quantitative estimate of drug-likeness (QED) is 0.916. The van der Waals surface area contributed by atoms with Crippen molar-refractivity contribution in [2.24, 2.45) is 0 Å². The van der Waals surface area contributed by atoms with Crippen molar-refractivity contribution in [1.29, 1.82) is 0 Å². The molecule has 1 amide bonds. The van der Waals surface area contributed by atoms with Crippen LogP contribution >= 0.6 is 0 Å². The summed E-state index contributed by atoms with van der Waals surface area (Å²) in [6, 6.07) is 8.26. The average molecular weight is 258 g/mol. The van der Waals surface area contributed by atoms with Gasteiger partial charge < -0.3 is 4.98 Å². The first-order valence-corrected chi connectivity index (χ1v) is 6.83. The van der Waals surface area contributed by atoms with Crippen LogP contribution in [0.5, 0.6) is 0 Å². The molecule has 100 valence electrons. The number of aromatic amines is 1. The summed E-state index contributed by atoms with van der Waals surface area (Å²) in [5, 5.41) is 2.77. The number of hydrogen-bond acceptors (Lipinski definition) is 2. The molecule has 4 heteroatoms. The molecule has 0 spiro atoms. The number of aromatic nitrogens is 1. The van der Waals surface area contributed by atoms with Gasteiger partial charge in [0.15, 0.2) is 0 Å². The minimum absolute atomic E-state index is 0.109. The van der Waals surface area contributed by atoms with Gasteiger partial charge >= 0.3 is 0 Å². The molecule has 0 radical (unpaired) electrons. The zero-order valence-electron chi connectivity index (χ0n) is 10.9. The molecular formula is C15H18N2O2. The molecule has 0 unspecified atom stereocenters. The van der Waals surface area contributed by atoms with Gasteiger partial charge in [0.25, 0.3) is 0 Å². The van der Waals surface area contributed by atoms with Crippen LogP contribution in [-0.2, 0) is 16.1 Å². The number of fused-ring (bicyclic) bond motifs is 1. The molecule has 0 saturated carbocycles. The Kier molecular flexibility index (Phi) is 3.51. The van der Waals surface area contributed by atoms with E-state index in [4.69, 9.17) is 4.84 Å². The van der Waals surface area contributed by atoms with Gasteiger partial charge in [0.2, 0.25) is 5.91 Å². The van der Waals surface area contributed by atoms with E-state index in [-0.39, 0.29) is 5.91 Å². The van der Waals surface area contributed by atoms with Gasteiger partial charge in [-0.15, -0.1) is 0 Å². The van der Waals surface area contributed by atoms with Crippen molar-refractivity contribution in [3.05, 3.63) is 36.0 Å². The molecule has 19 heavy (non-hydrogen) atoms. The van der Waals surface area contributed by atoms with Crippen molar-refractivity contribution in [3.8, 4) is 0 Å². The zero-order valence-corrected chi connectivity index (χ0v) is 10.9. The molecule has 2 heterocycles. The third-order valence-electron chi connectivity index (χ3n) is 3.54. The van der Waals surface area contributed by atoms with E-state index < -0.39 is 0 Å². The molecule has 4 nitrogen and oxygen atoms in total. The third-order valence-corrected chi connectivity index (χ3v) is 3.54. The third kappa shape index (κ3) is 2.63. The van der Waals surface area contributed by atoms with Gasteiger partial charge in [0, 0.05) is 23.5 Å². The van der Waals surface area contributed by atoms with Gasteiger partial charge in [-0.3, -0.25) is 9.63 Å². The Morgan fingerprint density at radius 1 is 1.37 bits per heavy atom. The number of hydroxylamine groups is 2. The fraction of sp³-hybridized carbons (Fsp3) is 0.400. The largest absolute Gasteiger partial charge is 0.361 e. The van der Waals surface area contributed by atoms with Gasteiger partial charge in [0.05, 0.1) is 13.2 Å². The van der Waals surface area contributed by atoms with E-state index in [9.17, 15) is 4.79 Å². The summed E-state index contributed by atoms with van der Waals surface area (Å²) in [5.41, 5.74) is 2.44. The van der Waals surface area contributed by atoms with Crippen LogP contribution in [0.15, 0.2) is 30.5 Å². The van der Waals surface area contributed by atoms with Gasteiger partial charge in [-0.25, -0.2) is 5.06 Å². The lowest BCUT2D eigenvalue weighted by atomic mass is 10.1. The van der Waals surface area contributed by atoms with E-state index in [0.717, 1.165) is 31.3 Å². The van der Waals surface area contributed by atoms with Gasteiger partial charge in [-0.05, 0) is 30.9 Å². The smallest absolute Gasteiger partial charge is 0.246 e. The molecule has 1 fully saturated rings. The van der Waals surface area contributed by atoms with Crippen molar-refractivity contribution in [2.45, 2.75) is 25.7 Å². The van der Waals surface area contributed by atoms with Crippen molar-refractivity contribution in [1.82, 2.24) is 10.0 Å². The highest BCUT2D eigenvalue weighted by Gasteiger charge is 2.18. The number of para-hydroxylation sites is 1. The molecule has 3 rings (SSSR count). The Hall–Kier alpha value is -1.81. The molecule has 1 aliphatic heterocycles. The molecule has 0 aliphatic carbocycles. The Labute approximate surface area is 112 Å². The summed E-state index contributed by atoms with van der Waals surface area (Å²) in [5.74, 6) is 0.109. The van der Waals surface area contributed by atoms with Crippen LogP contribution in [0.1, 0.15) is 24.8 Å². The maximum absolute atomic E-state index is 11.8. The van der Waals surface area contributed by atoms with E-state index in [1.807, 2.05) is 18.3 Å². The first-order valence-electron chi connectivity index (χ1n) is 6.83. The number of H-pyrrole nitrogens is 1. The van der Waals surface area contributed by atoms with Gasteiger partial charge in [-0.1, -0.05) is 18.2 Å². The summed E-state index contributed by atoms with van der Waals surface area (Å²) < 4.78 is 0. The van der Waals surface area contributed by atoms with Crippen LogP contribution in [0, 0.1) is 0 Å². The Bertz CT molecular complexity index is 570. The molecule has 0 atom stereocenters. The molecule has 1 N–H and O–H groups in total. The van der Waals surface area contributed by atoms with Crippen LogP contribution in [0.3, 0.4) is 0 Å². The molecular weight excluding hydrogens is 240 g/mol. The van der Waals surface area contributed by atoms with Crippen molar-refractivity contribution >= 4 is 16.8 Å². The number of amides is 1. The fourth-order valence-electron chi connectivity index (χ4n) is 2.54. The number of rotatable bonds is 4. The lowest BCUT2D eigenvalue weighted by Gasteiger charge is -2.13. The average Bonchev–Trinajstić information content (AvgIpc) is 3.08. The second-order valence-electron chi connectivity index (χ2n) is 4.90. The molecule has 0 bridgehead atoms. The highest BCUT2D eigenvalue weighted by molar-refractivity contribution is 5.83. The van der Waals surface area contributed by atoms with Crippen LogP contribution in [0.2, 0.25) is 0 Å². The van der Waals surface area contributed by atoms with Crippen LogP contribution in [0.4, 0.5) is 0 Å². The Balaban J connectivity index is 1.56. The molecule has 2 aromatic rings. The first-order chi connectivity index (χ1) is 9.34. The predicted molar refractivity (Wildman–Crippen MR) is 73.5 cm³/mol. The summed E-state index contributed by atoms with van der Waals surface area (Å²) in [6.07, 6.45) is 5.33. The number of aryl methyl sites for hydroxylation is 1. The SMILES string of the molecule is O=C(CCCc1c[nH]c2ccccc12)N1CCCO1. The minimum Gasteiger partial charge on any atom is -0.361 e. The standard InChI is InChI=1S/C15H18N2O2/c18-15(17-9-4-10-19-17)8-3-5-12-11-16-14-7-2-1-6-13(12)14/h1-2,6-7,11,16H,3-5,8-10H2. The lowest BCUT2D eigenvalue weighted by molar-refractivity contribution is -0.168. The van der Waals surface area contributed by atoms with E-state index in [1.54, 1.807) is 0 Å². The monoisotopic (exact) mass is 258 g/mol. The number of nitrogens with zero attached hydrogens (tertiary/aromatic N) is 1. The second kappa shape index (κ2) is 5.45. The second-order valence-corrected chi connectivity index (χ2v) is 4.90.